The summed E-state index contributed by atoms with van der Waals surface area (Å²) in [7, 11) is 0. The molecule has 1 atom stereocenters. The van der Waals surface area contributed by atoms with Gasteiger partial charge in [-0.05, 0) is 68.2 Å². The Bertz CT molecular complexity index is 1370. The summed E-state index contributed by atoms with van der Waals surface area (Å²) < 4.78 is 5.56. The molecule has 5 nitrogen and oxygen atoms in total. The van der Waals surface area contributed by atoms with Gasteiger partial charge in [-0.15, -0.1) is 22.7 Å². The summed E-state index contributed by atoms with van der Waals surface area (Å²) in [5.74, 6) is -0.0565. The van der Waals surface area contributed by atoms with Crippen LogP contribution in [0.2, 0.25) is 0 Å². The fourth-order valence-corrected chi connectivity index (χ4v) is 6.49. The summed E-state index contributed by atoms with van der Waals surface area (Å²) in [6.07, 6.45) is 2.54. The maximum Gasteiger partial charge on any atom is 0.341 e. The quantitative estimate of drug-likeness (QED) is 0.307. The Labute approximate surface area is 206 Å². The summed E-state index contributed by atoms with van der Waals surface area (Å²) in [5, 5.41) is 6.42. The molecule has 0 aliphatic heterocycles. The van der Waals surface area contributed by atoms with Crippen LogP contribution in [0.1, 0.15) is 58.3 Å². The summed E-state index contributed by atoms with van der Waals surface area (Å²) in [5.41, 5.74) is 3.61. The maximum atomic E-state index is 13.6. The summed E-state index contributed by atoms with van der Waals surface area (Å²) in [6.45, 7) is 5.90. The first-order valence-electron chi connectivity index (χ1n) is 11.5. The van der Waals surface area contributed by atoms with Crippen molar-refractivity contribution in [3.8, 4) is 10.6 Å². The molecule has 1 aliphatic rings. The highest BCUT2D eigenvalue weighted by Gasteiger charge is 2.30. The number of nitrogens with one attached hydrogen (secondary N) is 1. The Hall–Kier alpha value is -3.03. The van der Waals surface area contributed by atoms with E-state index in [9.17, 15) is 9.59 Å². The molecule has 1 amide bonds. The average molecular weight is 491 g/mol. The van der Waals surface area contributed by atoms with Gasteiger partial charge in [-0.25, -0.2) is 9.78 Å². The number of benzene rings is 1. The lowest BCUT2D eigenvalue weighted by atomic mass is 9.88. The first-order chi connectivity index (χ1) is 16.4. The van der Waals surface area contributed by atoms with E-state index in [0.717, 1.165) is 46.3 Å². The molecule has 0 unspecified atom stereocenters. The van der Waals surface area contributed by atoms with E-state index in [1.165, 1.54) is 16.2 Å². The number of aromatic nitrogens is 1. The fraction of sp³-hybridized carbons (Fsp3) is 0.296. The van der Waals surface area contributed by atoms with E-state index in [4.69, 9.17) is 9.72 Å². The van der Waals surface area contributed by atoms with Crippen LogP contribution in [0, 0.1) is 5.92 Å². The monoisotopic (exact) mass is 490 g/mol. The van der Waals surface area contributed by atoms with E-state index in [0.29, 0.717) is 22.0 Å². The molecular weight excluding hydrogens is 464 g/mol. The number of thiophene rings is 2. The number of hydrogen-bond acceptors (Lipinski definition) is 6. The number of nitrogens with zero attached hydrogens (tertiary/aromatic N) is 1. The average Bonchev–Trinajstić information content (AvgIpc) is 3.45. The van der Waals surface area contributed by atoms with Crippen molar-refractivity contribution in [2.75, 3.05) is 5.32 Å². The Morgan fingerprint density at radius 1 is 1.18 bits per heavy atom. The largest absolute Gasteiger partial charge is 0.459 e. The molecule has 0 spiro atoms. The predicted molar refractivity (Wildman–Crippen MR) is 139 cm³/mol. The van der Waals surface area contributed by atoms with Crippen LogP contribution in [0.25, 0.3) is 21.5 Å². The number of fused-ring (bicyclic) bond motifs is 2. The second-order valence-corrected chi connectivity index (χ2v) is 11.1. The molecule has 0 bridgehead atoms. The van der Waals surface area contributed by atoms with Crippen LogP contribution in [-0.4, -0.2) is 23.0 Å². The second-order valence-electron chi connectivity index (χ2n) is 9.01. The Morgan fingerprint density at radius 2 is 2.00 bits per heavy atom. The van der Waals surface area contributed by atoms with Crippen LogP contribution < -0.4 is 5.32 Å². The van der Waals surface area contributed by atoms with Crippen molar-refractivity contribution < 1.29 is 14.3 Å². The molecule has 1 aliphatic carbocycles. The predicted octanol–water partition coefficient (Wildman–Crippen LogP) is 6.97. The van der Waals surface area contributed by atoms with Gasteiger partial charge in [0.15, 0.2) is 0 Å². The minimum Gasteiger partial charge on any atom is -0.459 e. The maximum absolute atomic E-state index is 13.6. The first-order valence-corrected chi connectivity index (χ1v) is 13.2. The van der Waals surface area contributed by atoms with Gasteiger partial charge in [0.25, 0.3) is 5.91 Å². The lowest BCUT2D eigenvalue weighted by Crippen LogP contribution is -2.19. The molecule has 34 heavy (non-hydrogen) atoms. The third-order valence-corrected chi connectivity index (χ3v) is 8.08. The standard InChI is InChI=1S/C27H26N2O3S2/c1-15(2)32-27(31)24-18-11-10-16(3)13-23(18)34-26(24)29-25(30)19-14-21(22-9-6-12-33-22)28-20-8-5-4-7-17(19)20/h4-9,12,14-16H,10-11,13H2,1-3H3,(H,29,30)/t16-/m0/s1. The molecule has 3 aromatic heterocycles. The third kappa shape index (κ3) is 4.38. The van der Waals surface area contributed by atoms with Crippen LogP contribution in [0.5, 0.6) is 0 Å². The minimum absolute atomic E-state index is 0.230. The smallest absolute Gasteiger partial charge is 0.341 e. The second kappa shape index (κ2) is 9.31. The van der Waals surface area contributed by atoms with Crippen molar-refractivity contribution in [3.63, 3.8) is 0 Å². The Balaban J connectivity index is 1.57. The van der Waals surface area contributed by atoms with Crippen LogP contribution in [0.3, 0.4) is 0 Å². The van der Waals surface area contributed by atoms with Gasteiger partial charge in [-0.1, -0.05) is 31.2 Å². The number of ether oxygens (including phenoxy) is 1. The molecule has 3 heterocycles. The number of anilines is 1. The fourth-order valence-electron chi connectivity index (χ4n) is 4.41. The molecule has 174 valence electrons. The van der Waals surface area contributed by atoms with Crippen molar-refractivity contribution in [1.29, 1.82) is 0 Å². The van der Waals surface area contributed by atoms with Crippen molar-refractivity contribution in [2.45, 2.75) is 46.1 Å². The van der Waals surface area contributed by atoms with Gasteiger partial charge in [0, 0.05) is 10.3 Å². The van der Waals surface area contributed by atoms with Gasteiger partial charge in [0.2, 0.25) is 0 Å². The lowest BCUT2D eigenvalue weighted by molar-refractivity contribution is 0.0378. The lowest BCUT2D eigenvalue weighted by Gasteiger charge is -2.19. The first kappa shape index (κ1) is 22.7. The Kier molecular flexibility index (Phi) is 6.23. The number of esters is 1. The molecule has 0 fully saturated rings. The SMILES string of the molecule is CC(C)OC(=O)c1c(NC(=O)c2cc(-c3cccs3)nc3ccccc23)sc2c1CC[C@H](C)C2. The highest BCUT2D eigenvalue weighted by molar-refractivity contribution is 7.17. The van der Waals surface area contributed by atoms with E-state index in [-0.39, 0.29) is 18.0 Å². The zero-order valence-corrected chi connectivity index (χ0v) is 21.0. The van der Waals surface area contributed by atoms with Crippen LogP contribution in [0.4, 0.5) is 5.00 Å². The third-order valence-electron chi connectivity index (χ3n) is 6.02. The van der Waals surface area contributed by atoms with E-state index in [1.807, 2.05) is 61.7 Å². The van der Waals surface area contributed by atoms with E-state index in [1.54, 1.807) is 11.3 Å². The number of carbonyl (C=O) groups excluding carboxylic acids is 2. The number of carbonyl (C=O) groups is 2. The number of rotatable bonds is 5. The minimum atomic E-state index is -0.365. The molecular formula is C27H26N2O3S2. The number of hydrogen-bond donors (Lipinski definition) is 1. The van der Waals surface area contributed by atoms with Gasteiger partial charge in [-0.3, -0.25) is 4.79 Å². The molecule has 4 aromatic rings. The Morgan fingerprint density at radius 3 is 2.76 bits per heavy atom. The van der Waals surface area contributed by atoms with E-state index < -0.39 is 0 Å². The van der Waals surface area contributed by atoms with Crippen LogP contribution in [0.15, 0.2) is 47.8 Å². The highest BCUT2D eigenvalue weighted by Crippen LogP contribution is 2.40. The van der Waals surface area contributed by atoms with Crippen LogP contribution in [-0.2, 0) is 17.6 Å². The van der Waals surface area contributed by atoms with Gasteiger partial charge >= 0.3 is 5.97 Å². The van der Waals surface area contributed by atoms with Gasteiger partial charge in [0.1, 0.15) is 5.00 Å². The molecule has 7 heteroatoms. The number of pyridine rings is 1. The van der Waals surface area contributed by atoms with E-state index in [2.05, 4.69) is 12.2 Å². The van der Waals surface area contributed by atoms with Crippen LogP contribution >= 0.6 is 22.7 Å². The van der Waals surface area contributed by atoms with Gasteiger partial charge < -0.3 is 10.1 Å². The van der Waals surface area contributed by atoms with Gasteiger partial charge in [0.05, 0.1) is 33.3 Å². The molecule has 0 radical (unpaired) electrons. The van der Waals surface area contributed by atoms with Crippen molar-refractivity contribution in [3.05, 3.63) is 69.4 Å². The zero-order valence-electron chi connectivity index (χ0n) is 19.4. The normalized spacial score (nSPS) is 15.4. The molecule has 0 saturated heterocycles. The zero-order chi connectivity index (χ0) is 23.8. The van der Waals surface area contributed by atoms with Crippen molar-refractivity contribution >= 4 is 50.5 Å². The summed E-state index contributed by atoms with van der Waals surface area (Å²) in [6, 6.07) is 13.5. The van der Waals surface area contributed by atoms with Crippen molar-refractivity contribution in [2.24, 2.45) is 5.92 Å². The van der Waals surface area contributed by atoms with E-state index >= 15 is 0 Å². The molecule has 1 N–H and O–H groups in total. The highest BCUT2D eigenvalue weighted by atomic mass is 32.1. The summed E-state index contributed by atoms with van der Waals surface area (Å²) in [4.78, 5) is 33.6. The molecule has 5 rings (SSSR count). The number of para-hydroxylation sites is 1. The summed E-state index contributed by atoms with van der Waals surface area (Å²) >= 11 is 3.09. The van der Waals surface area contributed by atoms with Gasteiger partial charge in [-0.2, -0.15) is 0 Å². The molecule has 0 saturated carbocycles. The molecule has 1 aromatic carbocycles. The topological polar surface area (TPSA) is 68.3 Å². The number of amides is 1. The van der Waals surface area contributed by atoms with Crippen molar-refractivity contribution in [1.82, 2.24) is 4.98 Å².